The van der Waals surface area contributed by atoms with Crippen molar-refractivity contribution in [3.05, 3.63) is 21.9 Å². The molecule has 5 heteroatoms. The van der Waals surface area contributed by atoms with Gasteiger partial charge in [-0.1, -0.05) is 6.92 Å². The number of hydrogen-bond donors (Lipinski definition) is 2. The van der Waals surface area contributed by atoms with E-state index in [0.29, 0.717) is 6.42 Å². The van der Waals surface area contributed by atoms with E-state index in [9.17, 15) is 4.79 Å². The molecular formula is C13H21NO3S. The van der Waals surface area contributed by atoms with Crippen LogP contribution in [0.25, 0.3) is 0 Å². The molecule has 0 fully saturated rings. The molecule has 1 aromatic heterocycles. The Kier molecular flexibility index (Phi) is 6.32. The first-order chi connectivity index (χ1) is 8.56. The average molecular weight is 271 g/mol. The van der Waals surface area contributed by atoms with Crippen molar-refractivity contribution in [3.8, 4) is 0 Å². The van der Waals surface area contributed by atoms with Crippen molar-refractivity contribution >= 4 is 17.3 Å². The van der Waals surface area contributed by atoms with Crippen LogP contribution >= 0.6 is 11.3 Å². The fourth-order valence-corrected chi connectivity index (χ4v) is 2.40. The molecule has 0 aliphatic heterocycles. The number of nitrogens with one attached hydrogen (secondary N) is 1. The van der Waals surface area contributed by atoms with E-state index < -0.39 is 0 Å². The van der Waals surface area contributed by atoms with Crippen LogP contribution in [0.4, 0.5) is 0 Å². The van der Waals surface area contributed by atoms with Crippen molar-refractivity contribution in [3.63, 3.8) is 0 Å². The fourth-order valence-electron chi connectivity index (χ4n) is 1.45. The molecule has 102 valence electrons. The molecule has 0 aliphatic carbocycles. The maximum Gasteiger partial charge on any atom is 0.310 e. The van der Waals surface area contributed by atoms with Gasteiger partial charge in [-0.15, -0.1) is 11.3 Å². The molecule has 0 saturated heterocycles. The Morgan fingerprint density at radius 3 is 2.72 bits per heavy atom. The summed E-state index contributed by atoms with van der Waals surface area (Å²) in [4.78, 5) is 13.3. The summed E-state index contributed by atoms with van der Waals surface area (Å²) < 4.78 is 4.63. The minimum atomic E-state index is -0.210. The second kappa shape index (κ2) is 7.51. The lowest BCUT2D eigenvalue weighted by molar-refractivity contribution is -0.139. The first-order valence-corrected chi connectivity index (χ1v) is 6.87. The molecule has 0 spiro atoms. The van der Waals surface area contributed by atoms with Gasteiger partial charge in [0.15, 0.2) is 0 Å². The zero-order chi connectivity index (χ0) is 13.5. The van der Waals surface area contributed by atoms with E-state index in [1.165, 1.54) is 12.0 Å². The van der Waals surface area contributed by atoms with Crippen LogP contribution in [0.3, 0.4) is 0 Å². The second-order valence-corrected chi connectivity index (χ2v) is 5.70. The molecule has 1 aromatic rings. The van der Waals surface area contributed by atoms with Crippen molar-refractivity contribution in [1.82, 2.24) is 5.32 Å². The lowest BCUT2D eigenvalue weighted by atomic mass is 10.1. The third-order valence-electron chi connectivity index (χ3n) is 3.00. The van der Waals surface area contributed by atoms with Gasteiger partial charge in [0, 0.05) is 28.9 Å². The molecule has 4 nitrogen and oxygen atoms in total. The van der Waals surface area contributed by atoms with Gasteiger partial charge in [-0.2, -0.15) is 0 Å². The number of thiophene rings is 1. The summed E-state index contributed by atoms with van der Waals surface area (Å²) in [7, 11) is 1.40. The van der Waals surface area contributed by atoms with Gasteiger partial charge in [-0.25, -0.2) is 0 Å². The monoisotopic (exact) mass is 271 g/mol. The topological polar surface area (TPSA) is 58.6 Å². The van der Waals surface area contributed by atoms with E-state index in [4.69, 9.17) is 5.11 Å². The molecule has 0 aliphatic rings. The summed E-state index contributed by atoms with van der Waals surface area (Å²) in [6.45, 7) is 5.02. The smallest absolute Gasteiger partial charge is 0.310 e. The van der Waals surface area contributed by atoms with Gasteiger partial charge in [0.2, 0.25) is 0 Å². The minimum absolute atomic E-state index is 0.187. The number of hydrogen-bond acceptors (Lipinski definition) is 5. The first kappa shape index (κ1) is 15.1. The highest BCUT2D eigenvalue weighted by molar-refractivity contribution is 7.12. The van der Waals surface area contributed by atoms with Crippen LogP contribution in [-0.4, -0.2) is 30.8 Å². The van der Waals surface area contributed by atoms with Crippen molar-refractivity contribution in [2.24, 2.45) is 5.92 Å². The summed E-state index contributed by atoms with van der Waals surface area (Å²) >= 11 is 1.61. The Bertz CT molecular complexity index is 378. The number of ether oxygens (including phenoxy) is 1. The highest BCUT2D eigenvalue weighted by atomic mass is 32.1. The zero-order valence-corrected chi connectivity index (χ0v) is 11.9. The van der Waals surface area contributed by atoms with Gasteiger partial charge in [0.05, 0.1) is 13.5 Å². The number of carbonyl (C=O) groups excluding carboxylic acids is 1. The Labute approximate surface area is 112 Å². The number of esters is 1. The minimum Gasteiger partial charge on any atom is -0.469 e. The molecule has 0 bridgehead atoms. The van der Waals surface area contributed by atoms with E-state index in [1.54, 1.807) is 11.3 Å². The van der Waals surface area contributed by atoms with Gasteiger partial charge < -0.3 is 15.2 Å². The van der Waals surface area contributed by atoms with Gasteiger partial charge in [-0.3, -0.25) is 4.79 Å². The molecular weight excluding hydrogens is 250 g/mol. The van der Waals surface area contributed by atoms with Crippen LogP contribution in [0.5, 0.6) is 0 Å². The van der Waals surface area contributed by atoms with Crippen LogP contribution in [-0.2, 0) is 22.5 Å². The van der Waals surface area contributed by atoms with E-state index >= 15 is 0 Å². The molecule has 2 atom stereocenters. The van der Waals surface area contributed by atoms with Crippen LogP contribution in [0, 0.1) is 5.92 Å². The van der Waals surface area contributed by atoms with Gasteiger partial charge in [0.25, 0.3) is 0 Å². The van der Waals surface area contributed by atoms with Crippen molar-refractivity contribution in [2.45, 2.75) is 32.9 Å². The Hall–Kier alpha value is -0.910. The van der Waals surface area contributed by atoms with E-state index in [1.807, 2.05) is 19.1 Å². The first-order valence-electron chi connectivity index (χ1n) is 6.05. The average Bonchev–Trinajstić information content (AvgIpc) is 2.82. The predicted octanol–water partition coefficient (Wildman–Crippen LogP) is 1.57. The number of aliphatic hydroxyl groups is 1. The molecule has 0 saturated carbocycles. The summed E-state index contributed by atoms with van der Waals surface area (Å²) in [6.07, 6.45) is 0.337. The quantitative estimate of drug-likeness (QED) is 0.739. The van der Waals surface area contributed by atoms with Gasteiger partial charge in [0.1, 0.15) is 0 Å². The predicted molar refractivity (Wildman–Crippen MR) is 72.6 cm³/mol. The molecule has 18 heavy (non-hydrogen) atoms. The highest BCUT2D eigenvalue weighted by Crippen LogP contribution is 2.17. The van der Waals surface area contributed by atoms with E-state index in [2.05, 4.69) is 17.0 Å². The van der Waals surface area contributed by atoms with Crippen LogP contribution in [0.1, 0.15) is 23.6 Å². The molecule has 2 unspecified atom stereocenters. The van der Waals surface area contributed by atoms with Crippen LogP contribution in [0.2, 0.25) is 0 Å². The molecule has 0 radical (unpaired) electrons. The summed E-state index contributed by atoms with van der Waals surface area (Å²) in [5.74, 6) is 0.0260. The molecule has 0 amide bonds. The largest absolute Gasteiger partial charge is 0.469 e. The number of methoxy groups -OCH3 is 1. The Morgan fingerprint density at radius 2 is 2.11 bits per heavy atom. The zero-order valence-electron chi connectivity index (χ0n) is 11.1. The lowest BCUT2D eigenvalue weighted by Gasteiger charge is -2.18. The van der Waals surface area contributed by atoms with E-state index in [-0.39, 0.29) is 24.5 Å². The lowest BCUT2D eigenvalue weighted by Crippen LogP contribution is -2.33. The highest BCUT2D eigenvalue weighted by Gasteiger charge is 2.11. The van der Waals surface area contributed by atoms with Crippen LogP contribution < -0.4 is 5.32 Å². The summed E-state index contributed by atoms with van der Waals surface area (Å²) in [5.41, 5.74) is 0. The van der Waals surface area contributed by atoms with Gasteiger partial charge in [-0.05, 0) is 25.0 Å². The fraction of sp³-hybridized carbons (Fsp3) is 0.615. The van der Waals surface area contributed by atoms with Crippen molar-refractivity contribution in [1.29, 1.82) is 0 Å². The molecule has 0 aromatic carbocycles. The summed E-state index contributed by atoms with van der Waals surface area (Å²) in [5, 5.41) is 12.4. The van der Waals surface area contributed by atoms with Crippen molar-refractivity contribution in [2.75, 3.05) is 13.7 Å². The Morgan fingerprint density at radius 1 is 1.44 bits per heavy atom. The third kappa shape index (κ3) is 4.76. The van der Waals surface area contributed by atoms with E-state index in [0.717, 1.165) is 11.4 Å². The number of rotatable bonds is 7. The maximum absolute atomic E-state index is 11.1. The Balaban J connectivity index is 2.42. The normalized spacial score (nSPS) is 14.2. The van der Waals surface area contributed by atoms with Crippen LogP contribution in [0.15, 0.2) is 12.1 Å². The van der Waals surface area contributed by atoms with Crippen molar-refractivity contribution < 1.29 is 14.6 Å². The number of carbonyl (C=O) groups is 1. The molecule has 1 heterocycles. The van der Waals surface area contributed by atoms with Gasteiger partial charge >= 0.3 is 5.97 Å². The third-order valence-corrected chi connectivity index (χ3v) is 4.09. The number of aliphatic hydroxyl groups excluding tert-OH is 1. The standard InChI is InChI=1S/C13H21NO3S/c1-9(8-15)10(2)14-7-12-5-4-11(18-12)6-13(16)17-3/h4-5,9-10,14-15H,6-8H2,1-3H3. The SMILES string of the molecule is COC(=O)Cc1ccc(CNC(C)C(C)CO)s1. The maximum atomic E-state index is 11.1. The second-order valence-electron chi connectivity index (χ2n) is 4.45. The molecule has 2 N–H and O–H groups in total. The molecule has 1 rings (SSSR count). The summed E-state index contributed by atoms with van der Waals surface area (Å²) in [6, 6.07) is 4.24.